The van der Waals surface area contributed by atoms with E-state index in [9.17, 15) is 24.6 Å². The minimum atomic E-state index is -0.662. The summed E-state index contributed by atoms with van der Waals surface area (Å²) in [6, 6.07) is 10.2. The number of hydrogen-bond donors (Lipinski definition) is 3. The number of ketones is 1. The summed E-state index contributed by atoms with van der Waals surface area (Å²) in [4.78, 5) is 34.8. The molecular weight excluding hydrogens is 338 g/mol. The molecule has 0 aromatic heterocycles. The fourth-order valence-corrected chi connectivity index (χ4v) is 2.24. The lowest BCUT2D eigenvalue weighted by Crippen LogP contribution is -2.22. The van der Waals surface area contributed by atoms with E-state index in [1.165, 1.54) is 19.1 Å². The van der Waals surface area contributed by atoms with Crippen molar-refractivity contribution >= 4 is 17.7 Å². The van der Waals surface area contributed by atoms with Gasteiger partial charge in [0.25, 0.3) is 0 Å². The predicted molar refractivity (Wildman–Crippen MR) is 93.2 cm³/mol. The molecule has 2 aromatic rings. The smallest absolute Gasteiger partial charge is 0.338 e. The van der Waals surface area contributed by atoms with Gasteiger partial charge >= 0.3 is 5.97 Å². The van der Waals surface area contributed by atoms with Gasteiger partial charge in [-0.05, 0) is 36.2 Å². The van der Waals surface area contributed by atoms with Crippen molar-refractivity contribution in [2.24, 2.45) is 0 Å². The highest BCUT2D eigenvalue weighted by Crippen LogP contribution is 2.23. The Morgan fingerprint density at radius 2 is 1.73 bits per heavy atom. The van der Waals surface area contributed by atoms with E-state index in [0.717, 1.165) is 11.6 Å². The molecule has 26 heavy (non-hydrogen) atoms. The predicted octanol–water partition coefficient (Wildman–Crippen LogP) is 1.82. The zero-order chi connectivity index (χ0) is 19.1. The first-order valence-electron chi connectivity index (χ1n) is 7.92. The maximum absolute atomic E-state index is 12.0. The number of ether oxygens (including phenoxy) is 1. The summed E-state index contributed by atoms with van der Waals surface area (Å²) in [6.45, 7) is 1.42. The van der Waals surface area contributed by atoms with E-state index in [-0.39, 0.29) is 28.5 Å². The largest absolute Gasteiger partial charge is 0.508 e. The third kappa shape index (κ3) is 5.34. The summed E-state index contributed by atoms with van der Waals surface area (Å²) >= 11 is 0. The molecule has 0 aliphatic rings. The van der Waals surface area contributed by atoms with Crippen molar-refractivity contribution in [3.8, 4) is 11.5 Å². The Morgan fingerprint density at radius 1 is 1.04 bits per heavy atom. The highest BCUT2D eigenvalue weighted by atomic mass is 16.5. The van der Waals surface area contributed by atoms with E-state index in [0.29, 0.717) is 13.0 Å². The van der Waals surface area contributed by atoms with Gasteiger partial charge < -0.3 is 20.3 Å². The van der Waals surface area contributed by atoms with E-state index in [2.05, 4.69) is 5.32 Å². The molecule has 136 valence electrons. The zero-order valence-corrected chi connectivity index (χ0v) is 14.2. The molecule has 0 atom stereocenters. The molecule has 2 aromatic carbocycles. The zero-order valence-electron chi connectivity index (χ0n) is 14.2. The maximum atomic E-state index is 12.0. The second-order valence-corrected chi connectivity index (χ2v) is 5.63. The molecular formula is C19H19NO6. The summed E-state index contributed by atoms with van der Waals surface area (Å²) in [6.07, 6.45) is 0.632. The summed E-state index contributed by atoms with van der Waals surface area (Å²) in [5.74, 6) is -1.90. The van der Waals surface area contributed by atoms with Crippen molar-refractivity contribution in [3.05, 3.63) is 59.2 Å². The average molecular weight is 357 g/mol. The number of Topliss-reactive ketones (excluding diaryl/α,β-unsaturated/α-hetero) is 1. The number of benzene rings is 2. The molecule has 0 aliphatic heterocycles. The van der Waals surface area contributed by atoms with Crippen molar-refractivity contribution in [1.82, 2.24) is 5.32 Å². The Bertz CT molecular complexity index is 813. The van der Waals surface area contributed by atoms with Crippen LogP contribution in [0.5, 0.6) is 11.5 Å². The topological polar surface area (TPSA) is 113 Å². The van der Waals surface area contributed by atoms with Crippen LogP contribution >= 0.6 is 0 Å². The van der Waals surface area contributed by atoms with Gasteiger partial charge in [-0.2, -0.15) is 0 Å². The number of rotatable bonds is 7. The minimum Gasteiger partial charge on any atom is -0.508 e. The lowest BCUT2D eigenvalue weighted by atomic mass is 10.1. The lowest BCUT2D eigenvalue weighted by molar-refractivity contribution is -0.118. The van der Waals surface area contributed by atoms with E-state index >= 15 is 0 Å². The summed E-state index contributed by atoms with van der Waals surface area (Å²) < 4.78 is 4.96. The first-order valence-corrected chi connectivity index (χ1v) is 7.92. The monoisotopic (exact) mass is 357 g/mol. The second kappa shape index (κ2) is 8.66. The van der Waals surface area contributed by atoms with Crippen molar-refractivity contribution in [1.29, 1.82) is 0 Å². The second-order valence-electron chi connectivity index (χ2n) is 5.63. The van der Waals surface area contributed by atoms with Gasteiger partial charge in [-0.25, -0.2) is 4.79 Å². The third-order valence-electron chi connectivity index (χ3n) is 3.59. The van der Waals surface area contributed by atoms with Crippen LogP contribution in [0.4, 0.5) is 0 Å². The fraction of sp³-hybridized carbons (Fsp3) is 0.211. The molecule has 0 spiro atoms. The van der Waals surface area contributed by atoms with E-state index in [4.69, 9.17) is 4.74 Å². The molecule has 2 rings (SSSR count). The van der Waals surface area contributed by atoms with Gasteiger partial charge in [-0.3, -0.25) is 9.59 Å². The number of hydrogen-bond acceptors (Lipinski definition) is 6. The first-order chi connectivity index (χ1) is 12.4. The maximum Gasteiger partial charge on any atom is 0.338 e. The molecule has 0 saturated carbocycles. The molecule has 0 heterocycles. The Labute approximate surface area is 150 Å². The van der Waals surface area contributed by atoms with Crippen LogP contribution in [0.25, 0.3) is 0 Å². The Morgan fingerprint density at radius 3 is 2.35 bits per heavy atom. The Balaban J connectivity index is 1.89. The van der Waals surface area contributed by atoms with Gasteiger partial charge in [0, 0.05) is 19.5 Å². The van der Waals surface area contributed by atoms with Crippen LogP contribution in [0.3, 0.4) is 0 Å². The van der Waals surface area contributed by atoms with Crippen molar-refractivity contribution in [2.45, 2.75) is 13.3 Å². The molecule has 7 nitrogen and oxygen atoms in total. The molecule has 7 heteroatoms. The van der Waals surface area contributed by atoms with E-state index < -0.39 is 18.4 Å². The number of carbonyl (C=O) groups excluding carboxylic acids is 3. The van der Waals surface area contributed by atoms with Crippen LogP contribution in [0.2, 0.25) is 0 Å². The van der Waals surface area contributed by atoms with Gasteiger partial charge in [0.1, 0.15) is 11.5 Å². The third-order valence-corrected chi connectivity index (χ3v) is 3.59. The number of phenolic OH excluding ortho intramolecular Hbond substituents is 2. The summed E-state index contributed by atoms with van der Waals surface area (Å²) in [5.41, 5.74) is 1.19. The van der Waals surface area contributed by atoms with Crippen LogP contribution in [-0.4, -0.2) is 41.0 Å². The van der Waals surface area contributed by atoms with Crippen LogP contribution in [0.15, 0.2) is 42.5 Å². The highest BCUT2D eigenvalue weighted by Gasteiger charge is 2.15. The standard InChI is InChI=1S/C19H19NO6/c1-12(21)20-9-8-13-2-4-14(5-3-13)19(25)26-11-18(24)16-7-6-15(22)10-17(16)23/h2-7,10,22-23H,8-9,11H2,1H3,(H,20,21). The molecule has 0 radical (unpaired) electrons. The van der Waals surface area contributed by atoms with Gasteiger partial charge in [0.05, 0.1) is 11.1 Å². The SMILES string of the molecule is CC(=O)NCCc1ccc(C(=O)OCC(=O)c2ccc(O)cc2O)cc1. The Kier molecular flexibility index (Phi) is 6.32. The number of amides is 1. The quantitative estimate of drug-likeness (QED) is 0.515. The fourth-order valence-electron chi connectivity index (χ4n) is 2.24. The summed E-state index contributed by atoms with van der Waals surface area (Å²) in [7, 11) is 0. The average Bonchev–Trinajstić information content (AvgIpc) is 2.59. The molecule has 0 fully saturated rings. The Hall–Kier alpha value is -3.35. The van der Waals surface area contributed by atoms with Crippen LogP contribution in [-0.2, 0) is 16.0 Å². The van der Waals surface area contributed by atoms with Crippen LogP contribution in [0, 0.1) is 0 Å². The van der Waals surface area contributed by atoms with E-state index in [1.807, 2.05) is 0 Å². The van der Waals surface area contributed by atoms with Crippen molar-refractivity contribution in [3.63, 3.8) is 0 Å². The summed E-state index contributed by atoms with van der Waals surface area (Å²) in [5, 5.41) is 21.5. The molecule has 1 amide bonds. The van der Waals surface area contributed by atoms with Crippen LogP contribution < -0.4 is 5.32 Å². The molecule has 3 N–H and O–H groups in total. The number of esters is 1. The highest BCUT2D eigenvalue weighted by molar-refractivity contribution is 6.01. The van der Waals surface area contributed by atoms with Crippen molar-refractivity contribution in [2.75, 3.05) is 13.2 Å². The number of carbonyl (C=O) groups is 3. The van der Waals surface area contributed by atoms with Crippen molar-refractivity contribution < 1.29 is 29.3 Å². The normalized spacial score (nSPS) is 10.2. The lowest BCUT2D eigenvalue weighted by Gasteiger charge is -2.07. The molecule has 0 saturated heterocycles. The number of phenols is 2. The van der Waals surface area contributed by atoms with Gasteiger partial charge in [0.2, 0.25) is 11.7 Å². The minimum absolute atomic E-state index is 0.0380. The number of nitrogens with one attached hydrogen (secondary N) is 1. The van der Waals surface area contributed by atoms with Gasteiger partial charge in [-0.1, -0.05) is 12.1 Å². The molecule has 0 bridgehead atoms. The van der Waals surface area contributed by atoms with E-state index in [1.54, 1.807) is 24.3 Å². The first kappa shape index (κ1) is 19.0. The molecule has 0 aliphatic carbocycles. The molecule has 0 unspecified atom stereocenters. The van der Waals surface area contributed by atoms with Gasteiger partial charge in [0.15, 0.2) is 6.61 Å². The number of aromatic hydroxyl groups is 2. The van der Waals surface area contributed by atoms with Crippen LogP contribution in [0.1, 0.15) is 33.2 Å². The van der Waals surface area contributed by atoms with Gasteiger partial charge in [-0.15, -0.1) is 0 Å².